The molecule has 0 aliphatic heterocycles. The summed E-state index contributed by atoms with van der Waals surface area (Å²) in [4.78, 5) is 0. The van der Waals surface area contributed by atoms with Gasteiger partial charge in [-0.3, -0.25) is 0 Å². The molecule has 1 aromatic rings. The Kier molecular flexibility index (Phi) is 3.21. The highest BCUT2D eigenvalue weighted by Crippen LogP contribution is 2.44. The van der Waals surface area contributed by atoms with Crippen molar-refractivity contribution in [1.29, 1.82) is 0 Å². The molecule has 0 heterocycles. The number of halogens is 2. The minimum atomic E-state index is -1.23. The molecule has 0 saturated heterocycles. The van der Waals surface area contributed by atoms with Gasteiger partial charge in [-0.2, -0.15) is 0 Å². The van der Waals surface area contributed by atoms with Gasteiger partial charge in [0, 0.05) is 5.56 Å². The van der Waals surface area contributed by atoms with E-state index < -0.39 is 17.2 Å². The fraction of sp³-hybridized carbons (Fsp3) is 0.571. The van der Waals surface area contributed by atoms with E-state index in [-0.39, 0.29) is 11.5 Å². The van der Waals surface area contributed by atoms with Crippen molar-refractivity contribution in [2.24, 2.45) is 11.8 Å². The van der Waals surface area contributed by atoms with E-state index in [1.54, 1.807) is 0 Å². The predicted octanol–water partition coefficient (Wildman–Crippen LogP) is 3.61. The molecule has 3 unspecified atom stereocenters. The van der Waals surface area contributed by atoms with Crippen LogP contribution in [-0.2, 0) is 5.60 Å². The van der Waals surface area contributed by atoms with Gasteiger partial charge in [0.15, 0.2) is 0 Å². The minimum absolute atomic E-state index is 0.0463. The topological polar surface area (TPSA) is 20.2 Å². The molecule has 0 radical (unpaired) electrons. The number of aliphatic hydroxyl groups is 1. The number of rotatable bonds is 1. The van der Waals surface area contributed by atoms with Gasteiger partial charge in [0.05, 0.1) is 5.60 Å². The molecule has 1 aromatic carbocycles. The molecule has 0 bridgehead atoms. The highest BCUT2D eigenvalue weighted by atomic mass is 19.1. The smallest absolute Gasteiger partial charge is 0.129 e. The van der Waals surface area contributed by atoms with E-state index in [4.69, 9.17) is 0 Å². The van der Waals surface area contributed by atoms with Crippen molar-refractivity contribution in [3.8, 4) is 0 Å². The van der Waals surface area contributed by atoms with Crippen LogP contribution in [0.1, 0.15) is 38.7 Å². The molecule has 1 fully saturated rings. The quantitative estimate of drug-likeness (QED) is 0.795. The van der Waals surface area contributed by atoms with Crippen LogP contribution >= 0.6 is 0 Å². The Hall–Kier alpha value is -0.960. The third-order valence-electron chi connectivity index (χ3n) is 3.96. The van der Waals surface area contributed by atoms with E-state index in [2.05, 4.69) is 0 Å². The summed E-state index contributed by atoms with van der Waals surface area (Å²) in [5.41, 5.74) is -1.12. The van der Waals surface area contributed by atoms with Crippen LogP contribution in [0.4, 0.5) is 8.78 Å². The van der Waals surface area contributed by atoms with Gasteiger partial charge in [-0.1, -0.05) is 20.3 Å². The SMILES string of the molecule is CC1CCC(C)C(O)(c2cc(F)ccc2F)C1. The highest BCUT2D eigenvalue weighted by molar-refractivity contribution is 5.26. The first-order chi connectivity index (χ1) is 7.93. The number of hydrogen-bond donors (Lipinski definition) is 1. The second-order valence-corrected chi connectivity index (χ2v) is 5.34. The average molecular weight is 240 g/mol. The van der Waals surface area contributed by atoms with Gasteiger partial charge in [-0.15, -0.1) is 0 Å². The molecule has 2 rings (SSSR count). The molecule has 17 heavy (non-hydrogen) atoms. The van der Waals surface area contributed by atoms with E-state index in [9.17, 15) is 13.9 Å². The highest BCUT2D eigenvalue weighted by Gasteiger charge is 2.42. The van der Waals surface area contributed by atoms with Gasteiger partial charge in [0.2, 0.25) is 0 Å². The van der Waals surface area contributed by atoms with Crippen LogP contribution in [0.2, 0.25) is 0 Å². The molecular weight excluding hydrogens is 222 g/mol. The normalized spacial score (nSPS) is 33.7. The minimum Gasteiger partial charge on any atom is -0.385 e. The molecule has 94 valence electrons. The summed E-state index contributed by atoms with van der Waals surface area (Å²) in [5, 5.41) is 10.7. The Balaban J connectivity index is 2.45. The lowest BCUT2D eigenvalue weighted by Gasteiger charge is -2.41. The lowest BCUT2D eigenvalue weighted by Crippen LogP contribution is -2.40. The molecule has 1 saturated carbocycles. The van der Waals surface area contributed by atoms with Crippen LogP contribution in [0.5, 0.6) is 0 Å². The Labute approximate surface area is 100 Å². The summed E-state index contributed by atoms with van der Waals surface area (Å²) in [6, 6.07) is 3.30. The first-order valence-corrected chi connectivity index (χ1v) is 6.11. The lowest BCUT2D eigenvalue weighted by molar-refractivity contribution is -0.0654. The summed E-state index contributed by atoms with van der Waals surface area (Å²) in [6.45, 7) is 3.93. The Bertz CT molecular complexity index is 419. The van der Waals surface area contributed by atoms with Gasteiger partial charge in [0.25, 0.3) is 0 Å². The van der Waals surface area contributed by atoms with Crippen LogP contribution in [-0.4, -0.2) is 5.11 Å². The zero-order valence-corrected chi connectivity index (χ0v) is 10.2. The van der Waals surface area contributed by atoms with Crippen LogP contribution < -0.4 is 0 Å². The Morgan fingerprint density at radius 1 is 1.24 bits per heavy atom. The van der Waals surface area contributed by atoms with Crippen LogP contribution in [0, 0.1) is 23.5 Å². The lowest BCUT2D eigenvalue weighted by atomic mass is 9.69. The summed E-state index contributed by atoms with van der Waals surface area (Å²) in [5.74, 6) is -0.732. The molecule has 3 atom stereocenters. The van der Waals surface area contributed by atoms with Crippen molar-refractivity contribution in [2.75, 3.05) is 0 Å². The van der Waals surface area contributed by atoms with E-state index >= 15 is 0 Å². The Morgan fingerprint density at radius 2 is 1.94 bits per heavy atom. The summed E-state index contributed by atoms with van der Waals surface area (Å²) in [7, 11) is 0. The predicted molar refractivity (Wildman–Crippen MR) is 62.4 cm³/mol. The zero-order valence-electron chi connectivity index (χ0n) is 10.2. The molecular formula is C14H18F2O. The molecule has 0 aromatic heterocycles. The van der Waals surface area contributed by atoms with Crippen LogP contribution in [0.15, 0.2) is 18.2 Å². The van der Waals surface area contributed by atoms with Gasteiger partial charge in [-0.25, -0.2) is 8.78 Å². The van der Waals surface area contributed by atoms with E-state index in [1.165, 1.54) is 0 Å². The fourth-order valence-electron chi connectivity index (χ4n) is 2.81. The second kappa shape index (κ2) is 4.37. The second-order valence-electron chi connectivity index (χ2n) is 5.34. The third-order valence-corrected chi connectivity index (χ3v) is 3.96. The Morgan fingerprint density at radius 3 is 2.65 bits per heavy atom. The molecule has 1 N–H and O–H groups in total. The van der Waals surface area contributed by atoms with E-state index in [0.717, 1.165) is 31.0 Å². The molecule has 0 spiro atoms. The monoisotopic (exact) mass is 240 g/mol. The maximum absolute atomic E-state index is 13.8. The molecule has 1 aliphatic carbocycles. The maximum atomic E-state index is 13.8. The van der Waals surface area contributed by atoms with Crippen molar-refractivity contribution in [3.63, 3.8) is 0 Å². The van der Waals surface area contributed by atoms with Gasteiger partial charge in [-0.05, 0) is 42.9 Å². The molecule has 0 amide bonds. The van der Waals surface area contributed by atoms with Gasteiger partial charge < -0.3 is 5.11 Å². The summed E-state index contributed by atoms with van der Waals surface area (Å²) < 4.78 is 27.0. The largest absolute Gasteiger partial charge is 0.385 e. The van der Waals surface area contributed by atoms with Crippen molar-refractivity contribution < 1.29 is 13.9 Å². The summed E-state index contributed by atoms with van der Waals surface area (Å²) in [6.07, 6.45) is 2.36. The van der Waals surface area contributed by atoms with Crippen LogP contribution in [0.3, 0.4) is 0 Å². The fourth-order valence-corrected chi connectivity index (χ4v) is 2.81. The van der Waals surface area contributed by atoms with E-state index in [1.807, 2.05) is 13.8 Å². The standard InChI is InChI=1S/C14H18F2O/c1-9-3-4-10(2)14(17,8-9)12-7-11(15)5-6-13(12)16/h5-7,9-10,17H,3-4,8H2,1-2H3. The molecule has 1 aliphatic rings. The summed E-state index contributed by atoms with van der Waals surface area (Å²) >= 11 is 0. The van der Waals surface area contributed by atoms with Crippen molar-refractivity contribution in [2.45, 2.75) is 38.7 Å². The van der Waals surface area contributed by atoms with Crippen molar-refractivity contribution in [3.05, 3.63) is 35.4 Å². The first-order valence-electron chi connectivity index (χ1n) is 6.11. The average Bonchev–Trinajstić information content (AvgIpc) is 2.27. The van der Waals surface area contributed by atoms with Crippen LogP contribution in [0.25, 0.3) is 0 Å². The van der Waals surface area contributed by atoms with Crippen molar-refractivity contribution in [1.82, 2.24) is 0 Å². The zero-order chi connectivity index (χ0) is 12.6. The van der Waals surface area contributed by atoms with E-state index in [0.29, 0.717) is 12.3 Å². The number of benzene rings is 1. The number of hydrogen-bond acceptors (Lipinski definition) is 1. The maximum Gasteiger partial charge on any atom is 0.129 e. The van der Waals surface area contributed by atoms with Gasteiger partial charge in [0.1, 0.15) is 11.6 Å². The third kappa shape index (κ3) is 2.21. The van der Waals surface area contributed by atoms with Crippen molar-refractivity contribution >= 4 is 0 Å². The van der Waals surface area contributed by atoms with Gasteiger partial charge >= 0.3 is 0 Å². The molecule has 3 heteroatoms. The first kappa shape index (κ1) is 12.5. The molecule has 1 nitrogen and oxygen atoms in total.